The third kappa shape index (κ3) is 13.6. The number of allylic oxidation sites excluding steroid dienone is 2. The van der Waals surface area contributed by atoms with E-state index in [1.165, 1.54) is 34.5 Å². The number of aromatic nitrogens is 1. The van der Waals surface area contributed by atoms with Gasteiger partial charge in [-0.3, -0.25) is 4.98 Å². The molecule has 0 radical (unpaired) electrons. The Labute approximate surface area is 238 Å². The van der Waals surface area contributed by atoms with Crippen LogP contribution in [0.25, 0.3) is 0 Å². The number of nitrogens with zero attached hydrogens (tertiary/aromatic N) is 1. The van der Waals surface area contributed by atoms with Gasteiger partial charge in [-0.25, -0.2) is 4.39 Å². The average molecular weight is 700 g/mol. The van der Waals surface area contributed by atoms with Gasteiger partial charge < -0.3 is 0 Å². The first-order valence-corrected chi connectivity index (χ1v) is 12.3. The zero-order chi connectivity index (χ0) is 26.1. The minimum atomic E-state index is -0.206. The molecule has 35 heavy (non-hydrogen) atoms. The summed E-state index contributed by atoms with van der Waals surface area (Å²) in [4.78, 5) is 4.60. The van der Waals surface area contributed by atoms with E-state index in [1.807, 2.05) is 33.9 Å². The Kier molecular flexibility index (Phi) is 20.4. The first-order valence-electron chi connectivity index (χ1n) is 12.3. The van der Waals surface area contributed by atoms with Gasteiger partial charge in [-0.1, -0.05) is 114 Å². The summed E-state index contributed by atoms with van der Waals surface area (Å²) in [5.74, 6) is 0.720. The summed E-state index contributed by atoms with van der Waals surface area (Å²) in [5.41, 5.74) is 7.04. The molecule has 3 heteroatoms. The number of halogens is 1. The maximum absolute atomic E-state index is 12.5. The molecule has 2 aromatic carbocycles. The molecule has 1 heterocycles. The Bertz CT molecular complexity index is 897. The van der Waals surface area contributed by atoms with E-state index in [4.69, 9.17) is 0 Å². The summed E-state index contributed by atoms with van der Waals surface area (Å²) in [5, 5.41) is 0. The van der Waals surface area contributed by atoms with Crippen LogP contribution in [0.1, 0.15) is 75.4 Å². The van der Waals surface area contributed by atoms with Crippen LogP contribution < -0.4 is 0 Å². The second-order valence-corrected chi connectivity index (χ2v) is 8.06. The first kappa shape index (κ1) is 35.2. The van der Waals surface area contributed by atoms with Crippen molar-refractivity contribution in [2.75, 3.05) is 0 Å². The fraction of sp³-hybridized carbons (Fsp3) is 0.344. The molecule has 3 rings (SSSR count). The molecule has 188 valence electrons. The smallest absolute Gasteiger partial charge is 0.123 e. The van der Waals surface area contributed by atoms with Crippen LogP contribution >= 0.6 is 0 Å². The summed E-state index contributed by atoms with van der Waals surface area (Å²) < 4.78 is 12.5. The second kappa shape index (κ2) is 20.3. The quantitative estimate of drug-likeness (QED) is 0.234. The van der Waals surface area contributed by atoms with Gasteiger partial charge in [-0.2, -0.15) is 0 Å². The molecule has 0 bridgehead atoms. The second-order valence-electron chi connectivity index (χ2n) is 8.06. The van der Waals surface area contributed by atoms with Gasteiger partial charge in [-0.05, 0) is 61.1 Å². The van der Waals surface area contributed by atoms with Crippen LogP contribution in [0.3, 0.4) is 0 Å². The van der Waals surface area contributed by atoms with E-state index in [0.717, 1.165) is 17.6 Å². The van der Waals surface area contributed by atoms with Gasteiger partial charge in [0.05, 0.1) is 0 Å². The molecule has 1 unspecified atom stereocenters. The van der Waals surface area contributed by atoms with Crippen molar-refractivity contribution in [1.29, 1.82) is 0 Å². The van der Waals surface area contributed by atoms with Crippen molar-refractivity contribution in [2.45, 2.75) is 67.7 Å². The fourth-order valence-corrected chi connectivity index (χ4v) is 3.27. The van der Waals surface area contributed by atoms with Crippen molar-refractivity contribution in [3.05, 3.63) is 125 Å². The van der Waals surface area contributed by atoms with Gasteiger partial charge >= 0.3 is 0 Å². The van der Waals surface area contributed by atoms with E-state index < -0.39 is 0 Å². The Balaban J connectivity index is 0. The predicted octanol–water partition coefficient (Wildman–Crippen LogP) is 9.65. The van der Waals surface area contributed by atoms with Gasteiger partial charge in [0.1, 0.15) is 5.82 Å². The van der Waals surface area contributed by atoms with E-state index >= 15 is 0 Å². The van der Waals surface area contributed by atoms with Crippen LogP contribution in [-0.4, -0.2) is 4.98 Å². The number of hydrogen-bond donors (Lipinski definition) is 0. The van der Waals surface area contributed by atoms with E-state index in [1.54, 1.807) is 18.2 Å². The number of rotatable bonds is 6. The number of hydrogen-bond acceptors (Lipinski definition) is 1. The molecule has 0 aliphatic heterocycles. The van der Waals surface area contributed by atoms with E-state index in [-0.39, 0.29) is 36.9 Å². The third-order valence-corrected chi connectivity index (χ3v) is 4.99. The zero-order valence-corrected chi connectivity index (χ0v) is 27.2. The monoisotopic (exact) mass is 699 g/mol. The zero-order valence-electron chi connectivity index (χ0n) is 23.0. The summed E-state index contributed by atoms with van der Waals surface area (Å²) in [6.45, 7) is 24.1. The summed E-state index contributed by atoms with van der Waals surface area (Å²) >= 11 is 0. The number of pyridine rings is 1. The van der Waals surface area contributed by atoms with Crippen LogP contribution in [0.4, 0.5) is 4.39 Å². The van der Waals surface area contributed by atoms with Gasteiger partial charge in [0.2, 0.25) is 0 Å². The van der Waals surface area contributed by atoms with Crippen LogP contribution in [0, 0.1) is 56.7 Å². The van der Waals surface area contributed by atoms with Gasteiger partial charge in [0.15, 0.2) is 0 Å². The number of benzene rings is 2. The Morgan fingerprint density at radius 3 is 1.80 bits per heavy atom. The largest absolute Gasteiger partial charge is 0.260 e. The topological polar surface area (TPSA) is 12.9 Å². The van der Waals surface area contributed by atoms with Crippen molar-refractivity contribution in [1.82, 2.24) is 4.98 Å². The average Bonchev–Trinajstić information content (AvgIpc) is 2.86. The predicted molar refractivity (Wildman–Crippen MR) is 149 cm³/mol. The third-order valence-electron chi connectivity index (χ3n) is 4.99. The first-order chi connectivity index (χ1) is 16.3. The molecule has 0 aliphatic carbocycles. The summed E-state index contributed by atoms with van der Waals surface area (Å²) in [7, 11) is 0. The van der Waals surface area contributed by atoms with Gasteiger partial charge in [-0.15, -0.1) is 0 Å². The van der Waals surface area contributed by atoms with E-state index in [2.05, 4.69) is 82.2 Å². The Morgan fingerprint density at radius 1 is 0.857 bits per heavy atom. The molecule has 3 aromatic rings. The molecule has 0 fully saturated rings. The number of aryl methyl sites for hydroxylation is 2. The van der Waals surface area contributed by atoms with E-state index in [0.29, 0.717) is 11.8 Å². The van der Waals surface area contributed by atoms with Gasteiger partial charge in [0, 0.05) is 48.9 Å². The maximum Gasteiger partial charge on any atom is 0.123 e. The SMILES string of the molecule is C=CC(=C)Cc1ccc(F)cc1.CC.CC.Cc1ccc(C(c2ccc(C)cn2)C(C)C)cc1.[U]. The van der Waals surface area contributed by atoms with Crippen molar-refractivity contribution in [3.63, 3.8) is 0 Å². The van der Waals surface area contributed by atoms with Crippen LogP contribution in [0.5, 0.6) is 0 Å². The summed E-state index contributed by atoms with van der Waals surface area (Å²) in [6.07, 6.45) is 4.41. The molecule has 0 amide bonds. The van der Waals surface area contributed by atoms with Crippen LogP contribution in [0.15, 0.2) is 91.7 Å². The Morgan fingerprint density at radius 2 is 1.37 bits per heavy atom. The minimum absolute atomic E-state index is 0. The summed E-state index contributed by atoms with van der Waals surface area (Å²) in [6, 6.07) is 19.5. The van der Waals surface area contributed by atoms with Crippen molar-refractivity contribution in [3.8, 4) is 0 Å². The molecule has 0 spiro atoms. The molecule has 0 aliphatic rings. The van der Waals surface area contributed by atoms with Crippen LogP contribution in [0.2, 0.25) is 0 Å². The molecule has 0 saturated heterocycles. The van der Waals surface area contributed by atoms with Gasteiger partial charge in [0.25, 0.3) is 0 Å². The maximum atomic E-state index is 12.5. The molecular formula is C32H44FNU. The molecule has 0 N–H and O–H groups in total. The normalized spacial score (nSPS) is 10.1. The minimum Gasteiger partial charge on any atom is -0.260 e. The van der Waals surface area contributed by atoms with Crippen LogP contribution in [-0.2, 0) is 6.42 Å². The molecule has 1 nitrogen and oxygen atoms in total. The fourth-order valence-electron chi connectivity index (χ4n) is 3.27. The Hall–Kier alpha value is -1.95. The van der Waals surface area contributed by atoms with Crippen molar-refractivity contribution >= 4 is 0 Å². The molecule has 0 saturated carbocycles. The molecular weight excluding hydrogens is 655 g/mol. The van der Waals surface area contributed by atoms with Crippen molar-refractivity contribution < 1.29 is 35.5 Å². The molecule has 1 atom stereocenters. The molecule has 1 aromatic heterocycles. The standard InChI is InChI=1S/C17H21N.C11H11F.2C2H6.U/c1-12(2)17(15-8-5-13(3)6-9-15)16-10-7-14(4)11-18-16;1-3-9(2)8-10-4-6-11(12)7-5-10;2*1-2;/h5-12,17H,1-4H3;3-7H,1-2,8H2;2*1-2H3;. The van der Waals surface area contributed by atoms with Crippen molar-refractivity contribution in [2.24, 2.45) is 5.92 Å². The van der Waals surface area contributed by atoms with E-state index in [9.17, 15) is 4.39 Å².